The minimum Gasteiger partial charge on any atom is -0.414 e. The number of rotatable bonds is 9. The van der Waals surface area contributed by atoms with E-state index < -0.39 is 50.8 Å². The van der Waals surface area contributed by atoms with Gasteiger partial charge in [-0.3, -0.25) is 0 Å². The van der Waals surface area contributed by atoms with E-state index in [-0.39, 0.29) is 22.4 Å². The van der Waals surface area contributed by atoms with Crippen molar-refractivity contribution in [3.05, 3.63) is 23.0 Å². The van der Waals surface area contributed by atoms with Crippen molar-refractivity contribution < 1.29 is 26.2 Å². The lowest BCUT2D eigenvalue weighted by molar-refractivity contribution is -0.0595. The van der Waals surface area contributed by atoms with Crippen LogP contribution in [0.1, 0.15) is 59.9 Å². The summed E-state index contributed by atoms with van der Waals surface area (Å²) in [6, 6.07) is 0. The molecule has 2 N–H and O–H groups in total. The molecule has 0 amide bonds. The highest BCUT2D eigenvalue weighted by atomic mass is 35.5. The largest absolute Gasteiger partial charge is 0.414 e. The summed E-state index contributed by atoms with van der Waals surface area (Å²) in [7, 11) is -8.80. The number of hydrogen-bond donors (Lipinski definition) is 1. The predicted octanol–water partition coefficient (Wildman–Crippen LogP) is 4.66. The normalized spacial score (nSPS) is 28.3. The quantitative estimate of drug-likeness (QED) is 0.242. The Morgan fingerprint density at radius 3 is 2.24 bits per heavy atom. The van der Waals surface area contributed by atoms with E-state index in [4.69, 9.17) is 35.1 Å². The summed E-state index contributed by atoms with van der Waals surface area (Å²) in [6.07, 6.45) is 0.579. The molecule has 3 rings (SSSR count). The molecule has 0 saturated carbocycles. The first-order chi connectivity index (χ1) is 17.2. The Bertz CT molecular complexity index is 1150. The number of alkyl halides is 1. The number of hydrogen-bond acceptors (Lipinski definition) is 9. The van der Waals surface area contributed by atoms with Crippen molar-refractivity contribution in [1.82, 2.24) is 15.0 Å². The Morgan fingerprint density at radius 1 is 1.13 bits per heavy atom. The molecule has 2 aliphatic heterocycles. The Morgan fingerprint density at radius 2 is 1.74 bits per heavy atom. The minimum absolute atomic E-state index is 0.0371. The molecule has 2 aliphatic rings. The molecular weight excluding hydrogens is 564 g/mol. The standard InChI is InChI=1S/C24H45ClN4O6SSi2/c1-22(2,3)37(7,8)32-15-19-24(18(26)16-36(30,31)35-24)20(34-38(9,10)23(4,5)6)21(33-19)29-14-17(27-28-29)12-11-13-25/h14,16,19-21H,11-13,15,26H2,1-10H3/t19-,20+,21-,24?/m1/s1. The van der Waals surface area contributed by atoms with Gasteiger partial charge in [0, 0.05) is 5.88 Å². The fraction of sp³-hybridized carbons (Fsp3) is 0.833. The van der Waals surface area contributed by atoms with Gasteiger partial charge in [-0.25, -0.2) is 8.86 Å². The van der Waals surface area contributed by atoms with Crippen LogP contribution in [0.4, 0.5) is 0 Å². The average molecular weight is 609 g/mol. The van der Waals surface area contributed by atoms with Crippen molar-refractivity contribution >= 4 is 38.4 Å². The van der Waals surface area contributed by atoms with Gasteiger partial charge in [0.2, 0.25) is 0 Å². The third kappa shape index (κ3) is 6.09. The van der Waals surface area contributed by atoms with Crippen LogP contribution in [-0.4, -0.2) is 70.3 Å². The lowest BCUT2D eigenvalue weighted by atomic mass is 9.89. The van der Waals surface area contributed by atoms with E-state index in [9.17, 15) is 8.42 Å². The van der Waals surface area contributed by atoms with Gasteiger partial charge in [0.05, 0.1) is 29.6 Å². The van der Waals surface area contributed by atoms with Crippen molar-refractivity contribution in [3.8, 4) is 0 Å². The SMILES string of the molecule is CC(C)(C)[Si](C)(C)OC[C@H]1O[C@@H](n2cc(CCCCl)nn2)[C@H](O[Si](C)(C)C(C)(C)C)C12OS(=O)(=O)C=C2N. The van der Waals surface area contributed by atoms with Crippen LogP contribution in [0.3, 0.4) is 0 Å². The van der Waals surface area contributed by atoms with Gasteiger partial charge in [-0.1, -0.05) is 46.8 Å². The zero-order valence-electron chi connectivity index (χ0n) is 24.4. The lowest BCUT2D eigenvalue weighted by Crippen LogP contribution is -2.59. The lowest BCUT2D eigenvalue weighted by Gasteiger charge is -2.43. The molecule has 0 bridgehead atoms. The van der Waals surface area contributed by atoms with Gasteiger partial charge in [0.1, 0.15) is 12.2 Å². The maximum Gasteiger partial charge on any atom is 0.292 e. The highest BCUT2D eigenvalue weighted by Gasteiger charge is 2.67. The van der Waals surface area contributed by atoms with E-state index in [1.807, 2.05) is 0 Å². The smallest absolute Gasteiger partial charge is 0.292 e. The van der Waals surface area contributed by atoms with Crippen molar-refractivity contribution in [1.29, 1.82) is 0 Å². The number of nitrogens with two attached hydrogens (primary N) is 1. The van der Waals surface area contributed by atoms with Crippen LogP contribution in [0.25, 0.3) is 0 Å². The Balaban J connectivity index is 2.12. The Kier molecular flexibility index (Phi) is 8.80. The molecule has 1 aromatic heterocycles. The van der Waals surface area contributed by atoms with E-state index in [0.717, 1.165) is 17.5 Å². The van der Waals surface area contributed by atoms with Crippen LogP contribution >= 0.6 is 11.6 Å². The molecule has 14 heteroatoms. The summed E-state index contributed by atoms with van der Waals surface area (Å²) in [6.45, 7) is 21.3. The van der Waals surface area contributed by atoms with E-state index >= 15 is 0 Å². The predicted molar refractivity (Wildman–Crippen MR) is 153 cm³/mol. The molecule has 1 spiro atoms. The highest BCUT2D eigenvalue weighted by Crippen LogP contribution is 2.52. The van der Waals surface area contributed by atoms with Gasteiger partial charge >= 0.3 is 0 Å². The Hall–Kier alpha value is -0.806. The van der Waals surface area contributed by atoms with Crippen LogP contribution in [-0.2, 0) is 34.3 Å². The first-order valence-corrected chi connectivity index (χ1v) is 20.9. The summed E-state index contributed by atoms with van der Waals surface area (Å²) >= 11 is 5.87. The van der Waals surface area contributed by atoms with Gasteiger partial charge in [-0.05, 0) is 49.1 Å². The molecule has 0 radical (unpaired) electrons. The molecule has 1 saturated heterocycles. The molecule has 3 heterocycles. The molecule has 38 heavy (non-hydrogen) atoms. The number of aromatic nitrogens is 3. The summed E-state index contributed by atoms with van der Waals surface area (Å²) in [4.78, 5) is 0. The summed E-state index contributed by atoms with van der Waals surface area (Å²) in [5.41, 5.74) is 5.68. The second-order valence-electron chi connectivity index (χ2n) is 13.3. The van der Waals surface area contributed by atoms with Gasteiger partial charge in [-0.2, -0.15) is 8.42 Å². The van der Waals surface area contributed by atoms with E-state index in [1.165, 1.54) is 0 Å². The molecule has 0 aliphatic carbocycles. The monoisotopic (exact) mass is 608 g/mol. The fourth-order valence-electron chi connectivity index (χ4n) is 4.00. The minimum atomic E-state index is -4.07. The van der Waals surface area contributed by atoms with Crippen molar-refractivity contribution in [2.45, 2.75) is 115 Å². The fourth-order valence-corrected chi connectivity index (χ4v) is 7.64. The van der Waals surface area contributed by atoms with Crippen LogP contribution < -0.4 is 5.73 Å². The molecule has 10 nitrogen and oxygen atoms in total. The second kappa shape index (κ2) is 10.5. The van der Waals surface area contributed by atoms with E-state index in [0.29, 0.717) is 12.3 Å². The second-order valence-corrected chi connectivity index (χ2v) is 24.6. The van der Waals surface area contributed by atoms with Crippen LogP contribution in [0.15, 0.2) is 17.3 Å². The third-order valence-electron chi connectivity index (χ3n) is 8.45. The molecule has 1 aromatic rings. The Labute approximate surface area is 234 Å². The summed E-state index contributed by atoms with van der Waals surface area (Å²) in [5, 5.41) is 9.33. The molecule has 218 valence electrons. The molecule has 1 unspecified atom stereocenters. The molecule has 1 fully saturated rings. The number of nitrogens with zero attached hydrogens (tertiary/aromatic N) is 3. The van der Waals surface area contributed by atoms with Crippen molar-refractivity contribution in [2.75, 3.05) is 12.5 Å². The molecular formula is C24H45ClN4O6SSi2. The maximum atomic E-state index is 12.8. The molecule has 0 aromatic carbocycles. The maximum absolute atomic E-state index is 12.8. The first kappa shape index (κ1) is 31.7. The zero-order chi connectivity index (χ0) is 28.9. The highest BCUT2D eigenvalue weighted by molar-refractivity contribution is 7.90. The van der Waals surface area contributed by atoms with Gasteiger partial charge in [0.15, 0.2) is 28.5 Å². The average Bonchev–Trinajstić information content (AvgIpc) is 3.39. The van der Waals surface area contributed by atoms with Gasteiger partial charge in [-0.15, -0.1) is 16.7 Å². The number of ether oxygens (including phenoxy) is 1. The topological polar surface area (TPSA) is 128 Å². The number of aryl methyl sites for hydroxylation is 1. The van der Waals surface area contributed by atoms with Crippen LogP contribution in [0.5, 0.6) is 0 Å². The first-order valence-electron chi connectivity index (χ1n) is 13.0. The molecule has 4 atom stereocenters. The number of halogens is 1. The zero-order valence-corrected chi connectivity index (χ0v) is 27.9. The van der Waals surface area contributed by atoms with E-state index in [1.54, 1.807) is 10.9 Å². The van der Waals surface area contributed by atoms with Gasteiger partial charge < -0.3 is 19.3 Å². The summed E-state index contributed by atoms with van der Waals surface area (Å²) < 4.78 is 53.1. The third-order valence-corrected chi connectivity index (χ3v) is 18.7. The van der Waals surface area contributed by atoms with E-state index in [2.05, 4.69) is 78.0 Å². The van der Waals surface area contributed by atoms with Gasteiger partial charge in [0.25, 0.3) is 10.1 Å². The van der Waals surface area contributed by atoms with Crippen LogP contribution in [0.2, 0.25) is 36.3 Å². The van der Waals surface area contributed by atoms with Crippen molar-refractivity contribution in [3.63, 3.8) is 0 Å². The summed E-state index contributed by atoms with van der Waals surface area (Å²) in [5.74, 6) is 0.507. The van der Waals surface area contributed by atoms with Crippen molar-refractivity contribution in [2.24, 2.45) is 5.73 Å². The van der Waals surface area contributed by atoms with Crippen LogP contribution in [0, 0.1) is 0 Å².